The number of benzene rings is 2. The molecule has 0 atom stereocenters. The van der Waals surface area contributed by atoms with Crippen molar-refractivity contribution in [2.24, 2.45) is 5.41 Å². The Morgan fingerprint density at radius 3 is 2.27 bits per heavy atom. The Balaban J connectivity index is 0.00000338. The number of carbonyl (C=O) groups is 2. The average molecular weight is 377 g/mol. The number of para-hydroxylation sites is 1. The summed E-state index contributed by atoms with van der Waals surface area (Å²) in [6.07, 6.45) is 3.11. The molecule has 2 rings (SSSR count). The molecule has 0 radical (unpaired) electrons. The Kier molecular flexibility index (Phi) is 8.63. The van der Waals surface area contributed by atoms with Crippen LogP contribution in [0.5, 0.6) is 5.75 Å². The van der Waals surface area contributed by atoms with Crippen LogP contribution in [0.4, 0.5) is 5.69 Å². The van der Waals surface area contributed by atoms with Crippen LogP contribution in [0.3, 0.4) is 0 Å². The predicted molar refractivity (Wildman–Crippen MR) is 100 cm³/mol. The second kappa shape index (κ2) is 9.97. The van der Waals surface area contributed by atoms with E-state index in [9.17, 15) is 14.7 Å². The van der Waals surface area contributed by atoms with E-state index in [2.05, 4.69) is 5.32 Å². The fourth-order valence-corrected chi connectivity index (χ4v) is 2.58. The molecule has 0 fully saturated rings. The molecule has 26 heavy (non-hydrogen) atoms. The summed E-state index contributed by atoms with van der Waals surface area (Å²) in [5.74, 6) is -0.178. The smallest absolute Gasteiger partial charge is 0.872 e. The first kappa shape index (κ1) is 22.5. The van der Waals surface area contributed by atoms with Crippen LogP contribution in [-0.2, 0) is 9.59 Å². The van der Waals surface area contributed by atoms with E-state index in [1.807, 2.05) is 32.9 Å². The van der Waals surface area contributed by atoms with Crippen LogP contribution in [0.25, 0.3) is 6.08 Å². The van der Waals surface area contributed by atoms with E-state index in [0.29, 0.717) is 10.6 Å². The molecule has 0 aliphatic carbocycles. The number of hydrogen-bond donors (Lipinski definition) is 1. The van der Waals surface area contributed by atoms with Crippen molar-refractivity contribution in [1.29, 1.82) is 0 Å². The monoisotopic (exact) mass is 377 g/mol. The summed E-state index contributed by atoms with van der Waals surface area (Å²) in [6.45, 7) is 5.50. The van der Waals surface area contributed by atoms with Gasteiger partial charge in [-0.15, -0.1) is 5.75 Å². The summed E-state index contributed by atoms with van der Waals surface area (Å²) in [7, 11) is 0. The van der Waals surface area contributed by atoms with E-state index in [0.717, 1.165) is 17.3 Å². The van der Waals surface area contributed by atoms with Gasteiger partial charge >= 0.3 is 29.6 Å². The zero-order valence-corrected chi connectivity index (χ0v) is 18.2. The fourth-order valence-electron chi connectivity index (χ4n) is 1.85. The Hall–Kier alpha value is -1.53. The van der Waals surface area contributed by atoms with Crippen molar-refractivity contribution >= 4 is 34.5 Å². The molecule has 0 aliphatic heterocycles. The van der Waals surface area contributed by atoms with Crippen molar-refractivity contribution in [3.8, 4) is 5.75 Å². The van der Waals surface area contributed by atoms with Gasteiger partial charge in [0.15, 0.2) is 0 Å². The van der Waals surface area contributed by atoms with Crippen LogP contribution in [0, 0.1) is 5.41 Å². The Morgan fingerprint density at radius 2 is 1.65 bits per heavy atom. The maximum atomic E-state index is 12.2. The van der Waals surface area contributed by atoms with Gasteiger partial charge < -0.3 is 10.4 Å². The summed E-state index contributed by atoms with van der Waals surface area (Å²) < 4.78 is 0. The maximum Gasteiger partial charge on any atom is 1.00 e. The fraction of sp³-hybridized carbons (Fsp3) is 0.200. The van der Waals surface area contributed by atoms with Crippen LogP contribution < -0.4 is 40.0 Å². The molecule has 0 heterocycles. The summed E-state index contributed by atoms with van der Waals surface area (Å²) in [6, 6.07) is 13.4. The number of rotatable bonds is 4. The predicted octanol–water partition coefficient (Wildman–Crippen LogP) is 1.08. The van der Waals surface area contributed by atoms with Crippen LogP contribution in [0.2, 0.25) is 0 Å². The molecule has 0 unspecified atom stereocenters. The molecule has 2 aromatic rings. The van der Waals surface area contributed by atoms with E-state index >= 15 is 0 Å². The van der Waals surface area contributed by atoms with Gasteiger partial charge in [-0.05, 0) is 35.5 Å². The maximum absolute atomic E-state index is 12.2. The van der Waals surface area contributed by atoms with E-state index < -0.39 is 5.41 Å². The number of carbonyl (C=O) groups excluding carboxylic acids is 2. The molecule has 0 saturated carbocycles. The molecule has 4 nitrogen and oxygen atoms in total. The summed E-state index contributed by atoms with van der Waals surface area (Å²) in [5, 5.41) is 13.8. The first-order chi connectivity index (χ1) is 11.8. The SMILES string of the molecule is CC(C)(C)C(=O)Nc1ccccc1SC(=O)/C=C/c1ccc([O-])cc1.[Na+]. The van der Waals surface area contributed by atoms with Gasteiger partial charge in [-0.25, -0.2) is 0 Å². The third kappa shape index (κ3) is 7.00. The van der Waals surface area contributed by atoms with Crippen LogP contribution >= 0.6 is 11.8 Å². The Labute approximate surface area is 180 Å². The van der Waals surface area contributed by atoms with Crippen LogP contribution in [0.15, 0.2) is 59.5 Å². The molecule has 0 aliphatic rings. The van der Waals surface area contributed by atoms with E-state index in [1.165, 1.54) is 18.2 Å². The quantitative estimate of drug-likeness (QED) is 0.492. The molecule has 2 aromatic carbocycles. The number of nitrogens with one attached hydrogen (secondary N) is 1. The average Bonchev–Trinajstić information content (AvgIpc) is 2.55. The molecule has 0 spiro atoms. The molecular weight excluding hydrogens is 357 g/mol. The molecule has 0 aromatic heterocycles. The van der Waals surface area contributed by atoms with Crippen molar-refractivity contribution in [3.63, 3.8) is 0 Å². The van der Waals surface area contributed by atoms with Crippen molar-refractivity contribution in [3.05, 3.63) is 60.2 Å². The van der Waals surface area contributed by atoms with Gasteiger partial charge in [0.05, 0.1) is 5.69 Å². The Bertz CT molecular complexity index is 795. The second-order valence-corrected chi connectivity index (χ2v) is 7.57. The van der Waals surface area contributed by atoms with Gasteiger partial charge in [-0.3, -0.25) is 9.59 Å². The molecule has 1 amide bonds. The molecule has 6 heteroatoms. The number of hydrogen-bond acceptors (Lipinski definition) is 4. The van der Waals surface area contributed by atoms with Gasteiger partial charge in [-0.2, -0.15) is 0 Å². The number of anilines is 1. The minimum atomic E-state index is -0.518. The van der Waals surface area contributed by atoms with Crippen LogP contribution in [-0.4, -0.2) is 11.0 Å². The first-order valence-electron chi connectivity index (χ1n) is 7.83. The van der Waals surface area contributed by atoms with Gasteiger partial charge in [-0.1, -0.05) is 63.2 Å². The molecular formula is C20H20NNaO3S. The number of thioether (sulfide) groups is 1. The summed E-state index contributed by atoms with van der Waals surface area (Å²) in [4.78, 5) is 25.0. The first-order valence-corrected chi connectivity index (χ1v) is 8.65. The van der Waals surface area contributed by atoms with Crippen molar-refractivity contribution in [1.82, 2.24) is 0 Å². The van der Waals surface area contributed by atoms with Gasteiger partial charge in [0, 0.05) is 10.3 Å². The second-order valence-electron chi connectivity index (χ2n) is 6.52. The zero-order valence-electron chi connectivity index (χ0n) is 15.4. The molecule has 0 bridgehead atoms. The van der Waals surface area contributed by atoms with Gasteiger partial charge in [0.25, 0.3) is 0 Å². The zero-order chi connectivity index (χ0) is 18.4. The van der Waals surface area contributed by atoms with Gasteiger partial charge in [0.1, 0.15) is 0 Å². The van der Waals surface area contributed by atoms with Crippen molar-refractivity contribution in [2.75, 3.05) is 5.32 Å². The minimum absolute atomic E-state index is 0. The Morgan fingerprint density at radius 1 is 1.04 bits per heavy atom. The minimum Gasteiger partial charge on any atom is -0.872 e. The van der Waals surface area contributed by atoms with Gasteiger partial charge in [0.2, 0.25) is 11.0 Å². The third-order valence-electron chi connectivity index (χ3n) is 3.32. The number of amides is 1. The summed E-state index contributed by atoms with van der Waals surface area (Å²) >= 11 is 1.04. The van der Waals surface area contributed by atoms with E-state index in [-0.39, 0.29) is 46.3 Å². The van der Waals surface area contributed by atoms with Crippen LogP contribution in [0.1, 0.15) is 26.3 Å². The third-order valence-corrected chi connectivity index (χ3v) is 4.23. The van der Waals surface area contributed by atoms with Crippen molar-refractivity contribution < 1.29 is 44.3 Å². The topological polar surface area (TPSA) is 69.2 Å². The summed E-state index contributed by atoms with van der Waals surface area (Å²) in [5.41, 5.74) is 0.878. The molecule has 130 valence electrons. The molecule has 1 N–H and O–H groups in total. The normalized spacial score (nSPS) is 11.0. The standard InChI is InChI=1S/C20H21NO3S.Na/c1-20(2,3)19(24)21-16-6-4-5-7-17(16)25-18(23)13-10-14-8-11-15(22)12-9-14;/h4-13,22H,1-3H3,(H,21,24);/q;+1/p-1/b13-10+;. The largest absolute Gasteiger partial charge is 1.00 e. The van der Waals surface area contributed by atoms with E-state index in [1.54, 1.807) is 30.3 Å². The van der Waals surface area contributed by atoms with E-state index in [4.69, 9.17) is 0 Å². The molecule has 0 saturated heterocycles. The van der Waals surface area contributed by atoms with Crippen molar-refractivity contribution in [2.45, 2.75) is 25.7 Å².